The van der Waals surface area contributed by atoms with Gasteiger partial charge in [-0.2, -0.15) is 18.3 Å². The molecule has 0 aliphatic carbocycles. The van der Waals surface area contributed by atoms with Crippen LogP contribution in [0, 0.1) is 19.8 Å². The standard InChI is InChI=1S/C22H30F3N3OS/c1-7-14(4)30-17-8-9-20(19(10-17)22(23,24)25)26-21(29)11-18-15(5)27-28(16(18)6)12-13(2)3/h8-10,13-14H,7,11-12H2,1-6H3,(H,26,29). The third kappa shape index (κ3) is 6.27. The third-order valence-electron chi connectivity index (χ3n) is 4.89. The number of nitrogens with one attached hydrogen (secondary N) is 1. The first-order chi connectivity index (χ1) is 13.9. The number of aryl methyl sites for hydroxylation is 1. The van der Waals surface area contributed by atoms with Gasteiger partial charge in [-0.3, -0.25) is 9.48 Å². The number of aromatic nitrogens is 2. The lowest BCUT2D eigenvalue weighted by Crippen LogP contribution is -2.19. The van der Waals surface area contributed by atoms with Crippen molar-refractivity contribution in [3.8, 4) is 0 Å². The summed E-state index contributed by atoms with van der Waals surface area (Å²) in [6.07, 6.45) is -3.72. The fraction of sp³-hybridized carbons (Fsp3) is 0.545. The molecule has 0 saturated heterocycles. The van der Waals surface area contributed by atoms with Crippen molar-refractivity contribution in [1.29, 1.82) is 0 Å². The van der Waals surface area contributed by atoms with Crippen molar-refractivity contribution in [1.82, 2.24) is 9.78 Å². The van der Waals surface area contributed by atoms with E-state index < -0.39 is 17.6 Å². The molecule has 8 heteroatoms. The van der Waals surface area contributed by atoms with Crippen LogP contribution in [0.3, 0.4) is 0 Å². The minimum absolute atomic E-state index is 0.0174. The van der Waals surface area contributed by atoms with Gasteiger partial charge in [-0.1, -0.05) is 27.7 Å². The monoisotopic (exact) mass is 441 g/mol. The van der Waals surface area contributed by atoms with Gasteiger partial charge < -0.3 is 5.32 Å². The van der Waals surface area contributed by atoms with Crippen LogP contribution in [0.2, 0.25) is 0 Å². The molecule has 166 valence electrons. The van der Waals surface area contributed by atoms with Crippen molar-refractivity contribution in [2.75, 3.05) is 5.32 Å². The van der Waals surface area contributed by atoms with Gasteiger partial charge in [-0.05, 0) is 44.4 Å². The second-order valence-electron chi connectivity index (χ2n) is 7.99. The highest BCUT2D eigenvalue weighted by molar-refractivity contribution is 7.99. The first-order valence-electron chi connectivity index (χ1n) is 10.1. The minimum atomic E-state index is -4.55. The lowest BCUT2D eigenvalue weighted by molar-refractivity contribution is -0.137. The van der Waals surface area contributed by atoms with Crippen molar-refractivity contribution >= 4 is 23.4 Å². The SMILES string of the molecule is CCC(C)Sc1ccc(NC(=O)Cc2c(C)nn(CC(C)C)c2C)c(C(F)(F)F)c1. The number of halogens is 3. The van der Waals surface area contributed by atoms with Gasteiger partial charge in [0.1, 0.15) is 0 Å². The molecule has 4 nitrogen and oxygen atoms in total. The van der Waals surface area contributed by atoms with Gasteiger partial charge in [0.15, 0.2) is 0 Å². The zero-order chi connectivity index (χ0) is 22.6. The molecule has 1 heterocycles. The topological polar surface area (TPSA) is 46.9 Å². The Labute approximate surface area is 180 Å². The molecule has 1 unspecified atom stereocenters. The number of hydrogen-bond acceptors (Lipinski definition) is 3. The molecular formula is C22H30F3N3OS. The molecule has 0 saturated carbocycles. The maximum atomic E-state index is 13.6. The van der Waals surface area contributed by atoms with Crippen LogP contribution >= 0.6 is 11.8 Å². The van der Waals surface area contributed by atoms with Gasteiger partial charge in [0, 0.05) is 27.9 Å². The maximum absolute atomic E-state index is 13.6. The molecule has 0 bridgehead atoms. The van der Waals surface area contributed by atoms with E-state index in [0.29, 0.717) is 10.8 Å². The number of amides is 1. The Hall–Kier alpha value is -1.96. The van der Waals surface area contributed by atoms with E-state index in [1.165, 1.54) is 17.8 Å². The van der Waals surface area contributed by atoms with E-state index in [4.69, 9.17) is 0 Å². The number of benzene rings is 1. The van der Waals surface area contributed by atoms with Crippen molar-refractivity contribution in [3.05, 3.63) is 40.7 Å². The average Bonchev–Trinajstić information content (AvgIpc) is 2.88. The molecule has 0 fully saturated rings. The molecule has 0 aliphatic heterocycles. The highest BCUT2D eigenvalue weighted by Gasteiger charge is 2.34. The molecular weight excluding hydrogens is 411 g/mol. The van der Waals surface area contributed by atoms with E-state index >= 15 is 0 Å². The normalized spacial score (nSPS) is 13.0. The highest BCUT2D eigenvalue weighted by Crippen LogP contribution is 2.38. The van der Waals surface area contributed by atoms with Crippen LogP contribution < -0.4 is 5.32 Å². The number of hydrogen-bond donors (Lipinski definition) is 1. The summed E-state index contributed by atoms with van der Waals surface area (Å²) in [5.74, 6) is -0.0936. The molecule has 0 aliphatic rings. The number of carbonyl (C=O) groups excluding carboxylic acids is 1. The van der Waals surface area contributed by atoms with Crippen LogP contribution in [0.25, 0.3) is 0 Å². The van der Waals surface area contributed by atoms with Crippen LogP contribution in [-0.4, -0.2) is 20.9 Å². The Morgan fingerprint density at radius 2 is 1.90 bits per heavy atom. The van der Waals surface area contributed by atoms with Gasteiger partial charge >= 0.3 is 6.18 Å². The summed E-state index contributed by atoms with van der Waals surface area (Å²) in [5.41, 5.74) is 1.30. The number of anilines is 1. The molecule has 2 rings (SSSR count). The quantitative estimate of drug-likeness (QED) is 0.493. The number of rotatable bonds is 8. The van der Waals surface area contributed by atoms with Crippen molar-refractivity contribution < 1.29 is 18.0 Å². The summed E-state index contributed by atoms with van der Waals surface area (Å²) in [5, 5.41) is 7.14. The predicted octanol–water partition coefficient (Wildman–Crippen LogP) is 6.25. The first-order valence-corrected chi connectivity index (χ1v) is 11.0. The summed E-state index contributed by atoms with van der Waals surface area (Å²) < 4.78 is 42.7. The third-order valence-corrected chi connectivity index (χ3v) is 6.15. The summed E-state index contributed by atoms with van der Waals surface area (Å²) in [4.78, 5) is 13.1. The van der Waals surface area contributed by atoms with Crippen molar-refractivity contribution in [2.45, 2.75) is 77.3 Å². The van der Waals surface area contributed by atoms with E-state index in [1.54, 1.807) is 6.07 Å². The molecule has 1 atom stereocenters. The van der Waals surface area contributed by atoms with Gasteiger partial charge in [0.25, 0.3) is 0 Å². The smallest absolute Gasteiger partial charge is 0.325 e. The number of thioether (sulfide) groups is 1. The molecule has 1 aromatic carbocycles. The Morgan fingerprint density at radius 1 is 1.23 bits per heavy atom. The van der Waals surface area contributed by atoms with Crippen molar-refractivity contribution in [2.24, 2.45) is 5.92 Å². The summed E-state index contributed by atoms with van der Waals surface area (Å²) >= 11 is 1.39. The predicted molar refractivity (Wildman–Crippen MR) is 116 cm³/mol. The van der Waals surface area contributed by atoms with E-state index in [-0.39, 0.29) is 17.4 Å². The molecule has 1 amide bonds. The number of alkyl halides is 3. The Kier molecular flexibility index (Phi) is 8.02. The first kappa shape index (κ1) is 24.3. The summed E-state index contributed by atoms with van der Waals surface area (Å²) in [7, 11) is 0. The van der Waals surface area contributed by atoms with Crippen molar-refractivity contribution in [3.63, 3.8) is 0 Å². The van der Waals surface area contributed by atoms with Gasteiger partial charge in [0.2, 0.25) is 5.91 Å². The van der Waals surface area contributed by atoms with Gasteiger partial charge in [0.05, 0.1) is 23.4 Å². The number of carbonyl (C=O) groups is 1. The van der Waals surface area contributed by atoms with Gasteiger partial charge in [-0.15, -0.1) is 11.8 Å². The largest absolute Gasteiger partial charge is 0.418 e. The average molecular weight is 442 g/mol. The molecule has 2 aromatic rings. The van der Waals surface area contributed by atoms with E-state index in [9.17, 15) is 18.0 Å². The minimum Gasteiger partial charge on any atom is -0.325 e. The molecule has 1 N–H and O–H groups in total. The summed E-state index contributed by atoms with van der Waals surface area (Å²) in [6.45, 7) is 12.5. The van der Waals surface area contributed by atoms with Crippen LogP contribution in [0.4, 0.5) is 18.9 Å². The molecule has 0 radical (unpaired) electrons. The van der Waals surface area contributed by atoms with Crippen LogP contribution in [0.15, 0.2) is 23.1 Å². The van der Waals surface area contributed by atoms with E-state index in [2.05, 4.69) is 24.3 Å². The van der Waals surface area contributed by atoms with Gasteiger partial charge in [-0.25, -0.2) is 0 Å². The Morgan fingerprint density at radius 3 is 2.47 bits per heavy atom. The lowest BCUT2D eigenvalue weighted by atomic mass is 10.1. The molecule has 1 aromatic heterocycles. The zero-order valence-electron chi connectivity index (χ0n) is 18.4. The van der Waals surface area contributed by atoms with Crippen LogP contribution in [-0.2, 0) is 23.9 Å². The zero-order valence-corrected chi connectivity index (χ0v) is 19.2. The van der Waals surface area contributed by atoms with E-state index in [0.717, 1.165) is 36.0 Å². The second kappa shape index (κ2) is 9.90. The molecule has 0 spiro atoms. The van der Waals surface area contributed by atoms with Crippen LogP contribution in [0.5, 0.6) is 0 Å². The van der Waals surface area contributed by atoms with E-state index in [1.807, 2.05) is 32.4 Å². The lowest BCUT2D eigenvalue weighted by Gasteiger charge is -2.16. The maximum Gasteiger partial charge on any atom is 0.418 e. The number of nitrogens with zero attached hydrogens (tertiary/aromatic N) is 2. The Balaban J connectivity index is 2.23. The second-order valence-corrected chi connectivity index (χ2v) is 9.50. The van der Waals surface area contributed by atoms with Crippen LogP contribution in [0.1, 0.15) is 56.6 Å². The molecule has 30 heavy (non-hydrogen) atoms. The fourth-order valence-electron chi connectivity index (χ4n) is 3.12. The Bertz CT molecular complexity index is 890. The summed E-state index contributed by atoms with van der Waals surface area (Å²) in [6, 6.07) is 4.08. The highest BCUT2D eigenvalue weighted by atomic mass is 32.2. The fourth-order valence-corrected chi connectivity index (χ4v) is 4.09.